The molecule has 2 saturated heterocycles. The van der Waals surface area contributed by atoms with E-state index in [0.29, 0.717) is 45.1 Å². The molecule has 0 aliphatic carbocycles. The van der Waals surface area contributed by atoms with Crippen LogP contribution in [0.25, 0.3) is 0 Å². The molecule has 2 heterocycles. The molecule has 0 unspecified atom stereocenters. The third-order valence-electron chi connectivity index (χ3n) is 5.43. The summed E-state index contributed by atoms with van der Waals surface area (Å²) in [5, 5.41) is 3.21. The SMILES string of the molecule is CCN(CC)S(=O)(=O)Nc1cc(S(=O)(=O)N2CCOCC2)ccc1NC[C@H]1CCCO1. The van der Waals surface area contributed by atoms with Crippen molar-refractivity contribution in [2.24, 2.45) is 0 Å². The van der Waals surface area contributed by atoms with Gasteiger partial charge < -0.3 is 14.8 Å². The van der Waals surface area contributed by atoms with E-state index in [4.69, 9.17) is 9.47 Å². The summed E-state index contributed by atoms with van der Waals surface area (Å²) in [4.78, 5) is 0.0364. The van der Waals surface area contributed by atoms with Crippen LogP contribution in [0.3, 0.4) is 0 Å². The van der Waals surface area contributed by atoms with E-state index in [9.17, 15) is 16.8 Å². The lowest BCUT2D eigenvalue weighted by atomic mass is 10.2. The van der Waals surface area contributed by atoms with Gasteiger partial charge in [0.2, 0.25) is 10.0 Å². The second kappa shape index (κ2) is 10.5. The quantitative estimate of drug-likeness (QED) is 0.523. The zero-order valence-corrected chi connectivity index (χ0v) is 19.7. The second-order valence-electron chi connectivity index (χ2n) is 7.43. The molecule has 176 valence electrons. The van der Waals surface area contributed by atoms with Crippen LogP contribution in [-0.4, -0.2) is 84.1 Å². The van der Waals surface area contributed by atoms with E-state index in [-0.39, 0.29) is 29.8 Å². The van der Waals surface area contributed by atoms with Crippen molar-refractivity contribution >= 4 is 31.6 Å². The summed E-state index contributed by atoms with van der Waals surface area (Å²) in [5.41, 5.74) is 0.700. The summed E-state index contributed by atoms with van der Waals surface area (Å²) in [6.45, 7) is 6.52. The smallest absolute Gasteiger partial charge is 0.301 e. The molecule has 1 aromatic rings. The highest BCUT2D eigenvalue weighted by Crippen LogP contribution is 2.29. The Bertz CT molecular complexity index is 938. The van der Waals surface area contributed by atoms with Crippen LogP contribution in [0.4, 0.5) is 11.4 Å². The van der Waals surface area contributed by atoms with Crippen molar-refractivity contribution in [2.45, 2.75) is 37.7 Å². The minimum absolute atomic E-state index is 0.0364. The third kappa shape index (κ3) is 5.88. The van der Waals surface area contributed by atoms with Gasteiger partial charge in [-0.3, -0.25) is 4.72 Å². The summed E-state index contributed by atoms with van der Waals surface area (Å²) in [5.74, 6) is 0. The van der Waals surface area contributed by atoms with Crippen molar-refractivity contribution in [2.75, 3.05) is 62.6 Å². The van der Waals surface area contributed by atoms with Crippen molar-refractivity contribution in [1.29, 1.82) is 0 Å². The fraction of sp³-hybridized carbons (Fsp3) is 0.684. The molecule has 2 aliphatic rings. The van der Waals surface area contributed by atoms with E-state index in [1.54, 1.807) is 19.9 Å². The average Bonchev–Trinajstić information content (AvgIpc) is 3.27. The molecule has 0 amide bonds. The molecular formula is C19H32N4O6S2. The first-order valence-corrected chi connectivity index (χ1v) is 13.5. The maximum atomic E-state index is 13.1. The van der Waals surface area contributed by atoms with Crippen molar-refractivity contribution in [1.82, 2.24) is 8.61 Å². The predicted molar refractivity (Wildman–Crippen MR) is 119 cm³/mol. The summed E-state index contributed by atoms with van der Waals surface area (Å²) >= 11 is 0. The monoisotopic (exact) mass is 476 g/mol. The van der Waals surface area contributed by atoms with Gasteiger partial charge in [-0.05, 0) is 31.0 Å². The van der Waals surface area contributed by atoms with Gasteiger partial charge >= 0.3 is 10.2 Å². The first-order chi connectivity index (χ1) is 14.8. The topological polar surface area (TPSA) is 117 Å². The normalized spacial score (nSPS) is 20.8. The average molecular weight is 477 g/mol. The number of hydrogen-bond donors (Lipinski definition) is 2. The lowest BCUT2D eigenvalue weighted by molar-refractivity contribution is 0.0730. The predicted octanol–water partition coefficient (Wildman–Crippen LogP) is 1.30. The van der Waals surface area contributed by atoms with Crippen molar-refractivity contribution in [3.63, 3.8) is 0 Å². The van der Waals surface area contributed by atoms with Crippen molar-refractivity contribution in [3.05, 3.63) is 18.2 Å². The molecule has 0 radical (unpaired) electrons. The van der Waals surface area contributed by atoms with Crippen LogP contribution >= 0.6 is 0 Å². The second-order valence-corrected chi connectivity index (χ2v) is 11.0. The minimum Gasteiger partial charge on any atom is -0.381 e. The summed E-state index contributed by atoms with van der Waals surface area (Å²) in [6, 6.07) is 4.48. The van der Waals surface area contributed by atoms with E-state index in [1.807, 2.05) is 0 Å². The molecule has 2 fully saturated rings. The van der Waals surface area contributed by atoms with E-state index >= 15 is 0 Å². The highest BCUT2D eigenvalue weighted by molar-refractivity contribution is 7.90. The summed E-state index contributed by atoms with van der Waals surface area (Å²) in [6.07, 6.45) is 1.96. The Hall–Kier alpha value is -1.44. The van der Waals surface area contributed by atoms with Gasteiger partial charge in [-0.15, -0.1) is 0 Å². The highest BCUT2D eigenvalue weighted by Gasteiger charge is 2.28. The molecule has 3 rings (SSSR count). The van der Waals surface area contributed by atoms with Crippen LogP contribution in [-0.2, 0) is 29.7 Å². The van der Waals surface area contributed by atoms with Gasteiger partial charge in [0, 0.05) is 39.3 Å². The number of benzene rings is 1. The van der Waals surface area contributed by atoms with Crippen LogP contribution in [0, 0.1) is 0 Å². The molecule has 2 N–H and O–H groups in total. The van der Waals surface area contributed by atoms with Crippen LogP contribution in [0.1, 0.15) is 26.7 Å². The van der Waals surface area contributed by atoms with E-state index in [1.165, 1.54) is 20.7 Å². The maximum Gasteiger partial charge on any atom is 0.301 e. The molecule has 0 spiro atoms. The van der Waals surface area contributed by atoms with Gasteiger partial charge in [-0.25, -0.2) is 8.42 Å². The van der Waals surface area contributed by atoms with Gasteiger partial charge in [0.1, 0.15) is 0 Å². The number of nitrogens with one attached hydrogen (secondary N) is 2. The Kier molecular flexibility index (Phi) is 8.16. The standard InChI is InChI=1S/C19H32N4O6S2/c1-3-22(4-2)31(26,27)21-19-14-17(30(24,25)23-9-12-28-13-10-23)7-8-18(19)20-15-16-6-5-11-29-16/h7-8,14,16,20-21H,3-6,9-13,15H2,1-2H3/t16-/m1/s1. The van der Waals surface area contributed by atoms with Crippen LogP contribution < -0.4 is 10.0 Å². The summed E-state index contributed by atoms with van der Waals surface area (Å²) in [7, 11) is -7.61. The number of hydrogen-bond acceptors (Lipinski definition) is 7. The van der Waals surface area contributed by atoms with Crippen LogP contribution in [0.5, 0.6) is 0 Å². The largest absolute Gasteiger partial charge is 0.381 e. The zero-order chi connectivity index (χ0) is 22.5. The lowest BCUT2D eigenvalue weighted by Crippen LogP contribution is -2.40. The van der Waals surface area contributed by atoms with E-state index in [2.05, 4.69) is 10.0 Å². The van der Waals surface area contributed by atoms with Crippen molar-refractivity contribution < 1.29 is 26.3 Å². The molecule has 10 nitrogen and oxygen atoms in total. The Morgan fingerprint density at radius 2 is 1.77 bits per heavy atom. The first kappa shape index (κ1) is 24.2. The number of anilines is 2. The third-order valence-corrected chi connectivity index (χ3v) is 9.00. The summed E-state index contributed by atoms with van der Waals surface area (Å²) < 4.78 is 67.9. The van der Waals surface area contributed by atoms with Crippen LogP contribution in [0.15, 0.2) is 23.1 Å². The Morgan fingerprint density at radius 3 is 2.39 bits per heavy atom. The number of sulfonamides is 1. The molecular weight excluding hydrogens is 444 g/mol. The minimum atomic E-state index is -3.84. The lowest BCUT2D eigenvalue weighted by Gasteiger charge is -2.27. The fourth-order valence-corrected chi connectivity index (χ4v) is 6.35. The van der Waals surface area contributed by atoms with Crippen LogP contribution in [0.2, 0.25) is 0 Å². The molecule has 31 heavy (non-hydrogen) atoms. The zero-order valence-electron chi connectivity index (χ0n) is 18.0. The molecule has 12 heteroatoms. The molecule has 1 atom stereocenters. The Labute approximate surface area is 185 Å². The molecule has 1 aromatic carbocycles. The van der Waals surface area contributed by atoms with E-state index < -0.39 is 20.2 Å². The number of morpholine rings is 1. The fourth-order valence-electron chi connectivity index (χ4n) is 3.65. The maximum absolute atomic E-state index is 13.1. The molecule has 0 saturated carbocycles. The number of rotatable bonds is 10. The highest BCUT2D eigenvalue weighted by atomic mass is 32.2. The number of ether oxygens (including phenoxy) is 2. The first-order valence-electron chi connectivity index (χ1n) is 10.6. The molecule has 0 aromatic heterocycles. The number of nitrogens with zero attached hydrogens (tertiary/aromatic N) is 2. The van der Waals surface area contributed by atoms with Gasteiger partial charge in [-0.2, -0.15) is 17.0 Å². The Balaban J connectivity index is 1.91. The molecule has 0 bridgehead atoms. The molecule has 2 aliphatic heterocycles. The van der Waals surface area contributed by atoms with Gasteiger partial charge in [0.05, 0.1) is 35.6 Å². The van der Waals surface area contributed by atoms with E-state index in [0.717, 1.165) is 12.8 Å². The van der Waals surface area contributed by atoms with Gasteiger partial charge in [-0.1, -0.05) is 13.8 Å². The van der Waals surface area contributed by atoms with Gasteiger partial charge in [0.25, 0.3) is 0 Å². The Morgan fingerprint density at radius 1 is 1.06 bits per heavy atom. The van der Waals surface area contributed by atoms with Crippen molar-refractivity contribution in [3.8, 4) is 0 Å². The van der Waals surface area contributed by atoms with Gasteiger partial charge in [0.15, 0.2) is 0 Å².